The average molecular weight is 386 g/mol. The average Bonchev–Trinajstić information content (AvgIpc) is 3.01. The van der Waals surface area contributed by atoms with Crippen molar-refractivity contribution in [3.63, 3.8) is 0 Å². The van der Waals surface area contributed by atoms with Gasteiger partial charge in [-0.2, -0.15) is 0 Å². The summed E-state index contributed by atoms with van der Waals surface area (Å²) in [6, 6.07) is 16.2. The summed E-state index contributed by atoms with van der Waals surface area (Å²) in [7, 11) is -0.757. The Morgan fingerprint density at radius 2 is 1.70 bits per heavy atom. The molecule has 2 aromatic carbocycles. The minimum Gasteiger partial charge on any atom is -0.381 e. The van der Waals surface area contributed by atoms with Gasteiger partial charge < -0.3 is 9.30 Å². The van der Waals surface area contributed by atoms with Gasteiger partial charge in [-0.1, -0.05) is 12.1 Å². The van der Waals surface area contributed by atoms with Crippen LogP contribution in [-0.2, 0) is 11.3 Å². The van der Waals surface area contributed by atoms with Gasteiger partial charge in [0.2, 0.25) is 0 Å². The molecule has 0 N–H and O–H groups in total. The highest BCUT2D eigenvalue weighted by Gasteiger charge is 2.22. The highest BCUT2D eigenvalue weighted by molar-refractivity contribution is 8.32. The van der Waals surface area contributed by atoms with Gasteiger partial charge >= 0.3 is 0 Å². The topological polar surface area (TPSA) is 14.2 Å². The number of aromatic nitrogens is 1. The number of rotatable bonds is 4. The number of hydrogen-bond acceptors (Lipinski definition) is 1. The Kier molecular flexibility index (Phi) is 5.04. The summed E-state index contributed by atoms with van der Waals surface area (Å²) in [4.78, 5) is 1.44. The number of benzene rings is 2. The van der Waals surface area contributed by atoms with E-state index < -0.39 is 10.0 Å². The lowest BCUT2D eigenvalue weighted by Gasteiger charge is -2.26. The molecule has 0 spiro atoms. The van der Waals surface area contributed by atoms with Crippen LogP contribution in [0.15, 0.2) is 53.4 Å². The molecule has 1 aliphatic rings. The molecule has 0 saturated carbocycles. The highest BCUT2D eigenvalue weighted by Crippen LogP contribution is 2.46. The van der Waals surface area contributed by atoms with Crippen LogP contribution in [-0.4, -0.2) is 36.5 Å². The molecule has 0 aliphatic carbocycles. The van der Waals surface area contributed by atoms with E-state index in [9.17, 15) is 4.39 Å². The van der Waals surface area contributed by atoms with Crippen molar-refractivity contribution in [3.05, 3.63) is 65.6 Å². The van der Waals surface area contributed by atoms with Crippen LogP contribution in [0.5, 0.6) is 0 Å². The molecule has 0 unspecified atom stereocenters. The molecule has 4 rings (SSSR count). The van der Waals surface area contributed by atoms with Gasteiger partial charge in [-0.05, 0) is 78.5 Å². The van der Waals surface area contributed by atoms with Crippen molar-refractivity contribution in [2.24, 2.45) is 0 Å². The van der Waals surface area contributed by atoms with Crippen molar-refractivity contribution < 1.29 is 9.13 Å². The van der Waals surface area contributed by atoms with Crippen molar-refractivity contribution in [3.8, 4) is 0 Å². The van der Waals surface area contributed by atoms with Crippen LogP contribution in [0.3, 0.4) is 0 Å². The Hall–Kier alpha value is -1.78. The van der Waals surface area contributed by atoms with Gasteiger partial charge in [0.1, 0.15) is 5.82 Å². The molecular formula is C23H28FNOS. The molecule has 0 bridgehead atoms. The summed E-state index contributed by atoms with van der Waals surface area (Å²) in [5.41, 5.74) is 3.79. The minimum absolute atomic E-state index is 0.182. The van der Waals surface area contributed by atoms with Crippen molar-refractivity contribution in [2.45, 2.75) is 30.2 Å². The van der Waals surface area contributed by atoms with E-state index in [1.165, 1.54) is 21.5 Å². The third-order valence-electron chi connectivity index (χ3n) is 5.51. The van der Waals surface area contributed by atoms with Crippen LogP contribution in [0.1, 0.15) is 30.0 Å². The minimum atomic E-state index is -0.757. The standard InChI is InChI=1S/C23H28FNOS/c1-27(2,3)21-8-9-22-19(14-21)15-23(18-10-12-26-13-11-18)25(22)16-17-4-6-20(24)7-5-17/h4-9,14-15,18H,10-13,16H2,1-3H3. The molecule has 0 atom stereocenters. The van der Waals surface area contributed by atoms with E-state index >= 15 is 0 Å². The second kappa shape index (κ2) is 7.33. The smallest absolute Gasteiger partial charge is 0.123 e. The maximum absolute atomic E-state index is 13.3. The summed E-state index contributed by atoms with van der Waals surface area (Å²) < 4.78 is 21.3. The van der Waals surface area contributed by atoms with Crippen molar-refractivity contribution >= 4 is 20.9 Å². The summed E-state index contributed by atoms with van der Waals surface area (Å²) in [6.45, 7) is 2.44. The molecule has 3 aromatic rings. The molecule has 27 heavy (non-hydrogen) atoms. The summed E-state index contributed by atoms with van der Waals surface area (Å²) >= 11 is 0. The van der Waals surface area contributed by atoms with Crippen LogP contribution >= 0.6 is 10.0 Å². The molecule has 144 valence electrons. The monoisotopic (exact) mass is 385 g/mol. The lowest BCUT2D eigenvalue weighted by atomic mass is 9.96. The zero-order valence-electron chi connectivity index (χ0n) is 16.4. The predicted octanol–water partition coefficient (Wildman–Crippen LogP) is 5.78. The van der Waals surface area contributed by atoms with Gasteiger partial charge in [-0.3, -0.25) is 0 Å². The number of nitrogens with zero attached hydrogens (tertiary/aromatic N) is 1. The van der Waals surface area contributed by atoms with Crippen LogP contribution in [0.2, 0.25) is 0 Å². The molecule has 1 fully saturated rings. The molecule has 1 aromatic heterocycles. The molecule has 0 radical (unpaired) electrons. The van der Waals surface area contributed by atoms with Crippen molar-refractivity contribution in [1.82, 2.24) is 4.57 Å². The molecule has 2 heterocycles. The molecular weight excluding hydrogens is 357 g/mol. The lowest BCUT2D eigenvalue weighted by Crippen LogP contribution is -2.17. The van der Waals surface area contributed by atoms with Crippen molar-refractivity contribution in [2.75, 3.05) is 32.0 Å². The fourth-order valence-electron chi connectivity index (χ4n) is 3.93. The van der Waals surface area contributed by atoms with Crippen LogP contribution in [0, 0.1) is 5.82 Å². The SMILES string of the molecule is CS(C)(C)c1ccc2c(c1)cc(C1CCOCC1)n2Cc1ccc(F)cc1. The number of halogens is 1. The van der Waals surface area contributed by atoms with E-state index in [0.717, 1.165) is 38.2 Å². The van der Waals surface area contributed by atoms with Gasteiger partial charge in [0.25, 0.3) is 0 Å². The largest absolute Gasteiger partial charge is 0.381 e. The predicted molar refractivity (Wildman–Crippen MR) is 114 cm³/mol. The summed E-state index contributed by atoms with van der Waals surface area (Å²) in [5.74, 6) is 0.343. The normalized spacial score (nSPS) is 16.7. The van der Waals surface area contributed by atoms with Crippen LogP contribution in [0.25, 0.3) is 10.9 Å². The van der Waals surface area contributed by atoms with Gasteiger partial charge in [-0.25, -0.2) is 14.4 Å². The zero-order chi connectivity index (χ0) is 19.0. The van der Waals surface area contributed by atoms with Gasteiger partial charge in [0.15, 0.2) is 0 Å². The Morgan fingerprint density at radius 1 is 1.00 bits per heavy atom. The van der Waals surface area contributed by atoms with Crippen molar-refractivity contribution in [1.29, 1.82) is 0 Å². The Balaban J connectivity index is 1.80. The van der Waals surface area contributed by atoms with Crippen LogP contribution < -0.4 is 0 Å². The first-order chi connectivity index (χ1) is 12.9. The first kappa shape index (κ1) is 18.6. The van der Waals surface area contributed by atoms with Gasteiger partial charge in [0, 0.05) is 42.3 Å². The molecule has 0 amide bonds. The zero-order valence-corrected chi connectivity index (χ0v) is 17.2. The quantitative estimate of drug-likeness (QED) is 0.556. The van der Waals surface area contributed by atoms with E-state index in [-0.39, 0.29) is 5.82 Å². The Morgan fingerprint density at radius 3 is 2.37 bits per heavy atom. The third kappa shape index (κ3) is 3.92. The summed E-state index contributed by atoms with van der Waals surface area (Å²) in [5, 5.41) is 1.32. The number of hydrogen-bond donors (Lipinski definition) is 0. The van der Waals surface area contributed by atoms with E-state index in [1.807, 2.05) is 12.1 Å². The van der Waals surface area contributed by atoms with Crippen LogP contribution in [0.4, 0.5) is 4.39 Å². The van der Waals surface area contributed by atoms with E-state index in [1.54, 1.807) is 12.1 Å². The first-order valence-corrected chi connectivity index (χ1v) is 12.4. The fraction of sp³-hybridized carbons (Fsp3) is 0.391. The fourth-order valence-corrected chi connectivity index (χ4v) is 4.89. The van der Waals surface area contributed by atoms with E-state index in [4.69, 9.17) is 4.74 Å². The van der Waals surface area contributed by atoms with E-state index in [2.05, 4.69) is 47.6 Å². The maximum Gasteiger partial charge on any atom is 0.123 e. The Bertz CT molecular complexity index is 933. The van der Waals surface area contributed by atoms with Gasteiger partial charge in [0.05, 0.1) is 0 Å². The highest BCUT2D eigenvalue weighted by atomic mass is 32.3. The molecule has 4 heteroatoms. The summed E-state index contributed by atoms with van der Waals surface area (Å²) in [6.07, 6.45) is 9.14. The molecule has 1 aliphatic heterocycles. The first-order valence-electron chi connectivity index (χ1n) is 9.55. The second-order valence-electron chi connectivity index (χ2n) is 8.23. The third-order valence-corrected chi connectivity index (χ3v) is 7.17. The molecule has 1 saturated heterocycles. The number of ether oxygens (including phenoxy) is 1. The lowest BCUT2D eigenvalue weighted by molar-refractivity contribution is 0.0839. The molecule has 2 nitrogen and oxygen atoms in total. The number of fused-ring (bicyclic) bond motifs is 1. The Labute approximate surface area is 162 Å². The second-order valence-corrected chi connectivity index (χ2v) is 12.4. The maximum atomic E-state index is 13.3. The van der Waals surface area contributed by atoms with E-state index in [0.29, 0.717) is 5.92 Å². The van der Waals surface area contributed by atoms with Gasteiger partial charge in [-0.15, -0.1) is 0 Å².